The fourth-order valence-corrected chi connectivity index (χ4v) is 2.72. The maximum absolute atomic E-state index is 12.2. The van der Waals surface area contributed by atoms with Crippen molar-refractivity contribution in [2.24, 2.45) is 0 Å². The first-order valence-electron chi connectivity index (χ1n) is 7.49. The molecule has 0 spiro atoms. The normalized spacial score (nSPS) is 15.2. The SMILES string of the molecule is O=C1NC(=O)c2ccccc2C1=Cc1cnn(-c2ccccc2)c1. The predicted molar refractivity (Wildman–Crippen MR) is 90.4 cm³/mol. The molecule has 4 rings (SSSR count). The Morgan fingerprint density at radius 1 is 0.875 bits per heavy atom. The van der Waals surface area contributed by atoms with E-state index in [4.69, 9.17) is 0 Å². The van der Waals surface area contributed by atoms with Crippen molar-refractivity contribution in [1.29, 1.82) is 0 Å². The minimum atomic E-state index is -0.397. The minimum absolute atomic E-state index is 0.368. The lowest BCUT2D eigenvalue weighted by Gasteiger charge is -2.17. The van der Waals surface area contributed by atoms with Crippen LogP contribution in [0.5, 0.6) is 0 Å². The number of hydrogen-bond donors (Lipinski definition) is 1. The number of nitrogens with zero attached hydrogens (tertiary/aromatic N) is 2. The third-order valence-corrected chi connectivity index (χ3v) is 3.87. The van der Waals surface area contributed by atoms with E-state index in [-0.39, 0.29) is 5.91 Å². The number of nitrogens with one attached hydrogen (secondary N) is 1. The first-order chi connectivity index (χ1) is 11.7. The molecule has 2 aromatic carbocycles. The van der Waals surface area contributed by atoms with Gasteiger partial charge in [-0.2, -0.15) is 5.10 Å². The Balaban J connectivity index is 1.76. The van der Waals surface area contributed by atoms with E-state index in [1.165, 1.54) is 0 Å². The van der Waals surface area contributed by atoms with Gasteiger partial charge in [0.1, 0.15) is 0 Å². The summed E-state index contributed by atoms with van der Waals surface area (Å²) in [6.45, 7) is 0. The van der Waals surface area contributed by atoms with Crippen LogP contribution in [0.25, 0.3) is 17.3 Å². The van der Waals surface area contributed by atoms with Crippen LogP contribution in [0.4, 0.5) is 0 Å². The Morgan fingerprint density at radius 3 is 2.38 bits per heavy atom. The highest BCUT2D eigenvalue weighted by molar-refractivity contribution is 6.33. The second kappa shape index (κ2) is 5.62. The molecule has 2 amide bonds. The molecule has 5 heteroatoms. The van der Waals surface area contributed by atoms with Crippen molar-refractivity contribution in [3.63, 3.8) is 0 Å². The third kappa shape index (κ3) is 2.42. The van der Waals surface area contributed by atoms with Crippen molar-refractivity contribution in [2.75, 3.05) is 0 Å². The van der Waals surface area contributed by atoms with E-state index in [2.05, 4.69) is 10.4 Å². The number of imide groups is 1. The van der Waals surface area contributed by atoms with Crippen LogP contribution in [0.1, 0.15) is 21.5 Å². The quantitative estimate of drug-likeness (QED) is 0.584. The molecule has 24 heavy (non-hydrogen) atoms. The lowest BCUT2D eigenvalue weighted by Crippen LogP contribution is -2.36. The van der Waals surface area contributed by atoms with Gasteiger partial charge in [0.2, 0.25) is 0 Å². The number of carbonyl (C=O) groups is 2. The molecule has 1 N–H and O–H groups in total. The topological polar surface area (TPSA) is 64.0 Å². The maximum Gasteiger partial charge on any atom is 0.258 e. The van der Waals surface area contributed by atoms with E-state index >= 15 is 0 Å². The summed E-state index contributed by atoms with van der Waals surface area (Å²) < 4.78 is 1.74. The molecule has 1 aliphatic rings. The summed E-state index contributed by atoms with van der Waals surface area (Å²) in [6, 6.07) is 16.8. The van der Waals surface area contributed by atoms with Gasteiger partial charge in [0, 0.05) is 22.9 Å². The molecule has 0 aliphatic carbocycles. The third-order valence-electron chi connectivity index (χ3n) is 3.87. The highest BCUT2D eigenvalue weighted by Gasteiger charge is 2.26. The van der Waals surface area contributed by atoms with Gasteiger partial charge in [0.25, 0.3) is 11.8 Å². The van der Waals surface area contributed by atoms with Gasteiger partial charge in [0.15, 0.2) is 0 Å². The fraction of sp³-hybridized carbons (Fsp3) is 0. The molecule has 1 aliphatic heterocycles. The molecular formula is C19H13N3O2. The number of carbonyl (C=O) groups excluding carboxylic acids is 2. The van der Waals surface area contributed by atoms with Crippen LogP contribution < -0.4 is 5.32 Å². The Hall–Kier alpha value is -3.47. The molecule has 0 saturated heterocycles. The van der Waals surface area contributed by atoms with Gasteiger partial charge in [-0.25, -0.2) is 4.68 Å². The summed E-state index contributed by atoms with van der Waals surface area (Å²) in [6.07, 6.45) is 5.27. The Kier molecular flexibility index (Phi) is 3.31. The van der Waals surface area contributed by atoms with Gasteiger partial charge in [-0.15, -0.1) is 0 Å². The molecule has 0 radical (unpaired) electrons. The number of rotatable bonds is 2. The second-order valence-corrected chi connectivity index (χ2v) is 5.44. The lowest BCUT2D eigenvalue weighted by atomic mass is 9.94. The van der Waals surface area contributed by atoms with Crippen LogP contribution >= 0.6 is 0 Å². The van der Waals surface area contributed by atoms with Crippen LogP contribution in [-0.4, -0.2) is 21.6 Å². The molecule has 0 saturated carbocycles. The Bertz CT molecular complexity index is 971. The molecule has 0 fully saturated rings. The van der Waals surface area contributed by atoms with Crippen molar-refractivity contribution in [3.8, 4) is 5.69 Å². The molecule has 0 unspecified atom stereocenters. The van der Waals surface area contributed by atoms with Crippen LogP contribution in [0.2, 0.25) is 0 Å². The fourth-order valence-electron chi connectivity index (χ4n) is 2.72. The van der Waals surface area contributed by atoms with Gasteiger partial charge < -0.3 is 0 Å². The van der Waals surface area contributed by atoms with Gasteiger partial charge >= 0.3 is 0 Å². The lowest BCUT2D eigenvalue weighted by molar-refractivity contribution is -0.114. The standard InChI is InChI=1S/C19H13N3O2/c23-18-16-9-5-4-8-15(16)17(19(24)21-18)10-13-11-20-22(12-13)14-6-2-1-3-7-14/h1-12H,(H,21,23,24). The van der Waals surface area contributed by atoms with E-state index in [1.54, 1.807) is 35.2 Å². The summed E-state index contributed by atoms with van der Waals surface area (Å²) >= 11 is 0. The van der Waals surface area contributed by atoms with Crippen LogP contribution in [0, 0.1) is 0 Å². The van der Waals surface area contributed by atoms with E-state index < -0.39 is 5.91 Å². The zero-order valence-electron chi connectivity index (χ0n) is 12.6. The first-order valence-corrected chi connectivity index (χ1v) is 7.49. The number of aromatic nitrogens is 2. The van der Waals surface area contributed by atoms with E-state index in [1.807, 2.05) is 42.6 Å². The molecule has 116 valence electrons. The van der Waals surface area contributed by atoms with Crippen molar-refractivity contribution in [2.45, 2.75) is 0 Å². The first kappa shape index (κ1) is 14.1. The molecular weight excluding hydrogens is 302 g/mol. The van der Waals surface area contributed by atoms with Crippen molar-refractivity contribution in [3.05, 3.63) is 83.7 Å². The number of hydrogen-bond acceptors (Lipinski definition) is 3. The number of para-hydroxylation sites is 1. The maximum atomic E-state index is 12.2. The average Bonchev–Trinajstić information content (AvgIpc) is 3.08. The zero-order valence-corrected chi connectivity index (χ0v) is 12.6. The zero-order chi connectivity index (χ0) is 16.5. The molecule has 0 atom stereocenters. The smallest absolute Gasteiger partial charge is 0.258 e. The van der Waals surface area contributed by atoms with E-state index in [9.17, 15) is 9.59 Å². The second-order valence-electron chi connectivity index (χ2n) is 5.44. The number of benzene rings is 2. The summed E-state index contributed by atoms with van der Waals surface area (Å²) in [4.78, 5) is 24.1. The van der Waals surface area contributed by atoms with Crippen molar-refractivity contribution >= 4 is 23.5 Å². The van der Waals surface area contributed by atoms with Crippen molar-refractivity contribution in [1.82, 2.24) is 15.1 Å². The molecule has 5 nitrogen and oxygen atoms in total. The van der Waals surface area contributed by atoms with Crippen LogP contribution in [0.3, 0.4) is 0 Å². The van der Waals surface area contributed by atoms with Crippen LogP contribution in [0.15, 0.2) is 67.0 Å². The molecule has 2 heterocycles. The molecule has 3 aromatic rings. The summed E-state index contributed by atoms with van der Waals surface area (Å²) in [5, 5.41) is 6.69. The highest BCUT2D eigenvalue weighted by atomic mass is 16.2. The summed E-state index contributed by atoms with van der Waals surface area (Å²) in [5.41, 5.74) is 3.31. The largest absolute Gasteiger partial charge is 0.288 e. The average molecular weight is 315 g/mol. The number of amides is 2. The van der Waals surface area contributed by atoms with E-state index in [0.29, 0.717) is 16.7 Å². The summed E-state index contributed by atoms with van der Waals surface area (Å²) in [5.74, 6) is -0.765. The summed E-state index contributed by atoms with van der Waals surface area (Å²) in [7, 11) is 0. The molecule has 1 aromatic heterocycles. The minimum Gasteiger partial charge on any atom is -0.288 e. The van der Waals surface area contributed by atoms with Gasteiger partial charge in [0.05, 0.1) is 11.9 Å². The predicted octanol–water partition coefficient (Wildman–Crippen LogP) is 2.68. The van der Waals surface area contributed by atoms with Crippen molar-refractivity contribution < 1.29 is 9.59 Å². The Morgan fingerprint density at radius 2 is 1.58 bits per heavy atom. The van der Waals surface area contributed by atoms with Gasteiger partial charge in [-0.05, 0) is 29.8 Å². The Labute approximate surface area is 138 Å². The molecule has 0 bridgehead atoms. The highest BCUT2D eigenvalue weighted by Crippen LogP contribution is 2.26. The van der Waals surface area contributed by atoms with Crippen LogP contribution in [-0.2, 0) is 4.79 Å². The monoisotopic (exact) mass is 315 g/mol. The van der Waals surface area contributed by atoms with Gasteiger partial charge in [-0.3, -0.25) is 14.9 Å². The van der Waals surface area contributed by atoms with Gasteiger partial charge in [-0.1, -0.05) is 36.4 Å². The number of fused-ring (bicyclic) bond motifs is 1. The van der Waals surface area contributed by atoms with E-state index in [0.717, 1.165) is 11.3 Å².